The van der Waals surface area contributed by atoms with Crippen LogP contribution in [0.15, 0.2) is 84.9 Å². The first-order valence-corrected chi connectivity index (χ1v) is 15.8. The molecule has 0 bridgehead atoms. The molecule has 3 aromatic carbocycles. The second-order valence-electron chi connectivity index (χ2n) is 11.9. The number of nitrogens with zero attached hydrogens (tertiary/aromatic N) is 4. The number of likely N-dealkylation sites (tertiary alicyclic amines) is 2. The van der Waals surface area contributed by atoms with E-state index in [4.69, 9.17) is 9.72 Å². The fourth-order valence-corrected chi connectivity index (χ4v) is 6.72. The minimum Gasteiger partial charge on any atom is -0.451 e. The van der Waals surface area contributed by atoms with Crippen LogP contribution in [0.5, 0.6) is 0 Å². The van der Waals surface area contributed by atoms with Crippen LogP contribution >= 0.6 is 0 Å². The Morgan fingerprint density at radius 1 is 0.864 bits per heavy atom. The summed E-state index contributed by atoms with van der Waals surface area (Å²) in [5, 5.41) is 1.92. The predicted molar refractivity (Wildman–Crippen MR) is 174 cm³/mol. The number of amides is 2. The Balaban J connectivity index is 1.40. The maximum atomic E-state index is 14.4. The number of fused-ring (bicyclic) bond motifs is 1. The molecule has 0 spiro atoms. The SMILES string of the molecule is COC(=O)N(NC(=O)c1c(CN2CCCC(CN3CCCCC3)C2)c(-c2ccccc2)nc2ccccc12)c1ccccc1. The number of carbonyl (C=O) groups excluding carboxylic acids is 2. The van der Waals surface area contributed by atoms with Crippen LogP contribution in [0.25, 0.3) is 22.2 Å². The molecule has 2 amide bonds. The number of pyridine rings is 1. The summed E-state index contributed by atoms with van der Waals surface area (Å²) >= 11 is 0. The van der Waals surface area contributed by atoms with Gasteiger partial charge in [-0.2, -0.15) is 5.01 Å². The highest BCUT2D eigenvalue weighted by molar-refractivity contribution is 6.10. The van der Waals surface area contributed by atoms with Crippen molar-refractivity contribution < 1.29 is 14.3 Å². The lowest BCUT2D eigenvalue weighted by molar-refractivity contribution is 0.0937. The lowest BCUT2D eigenvalue weighted by Gasteiger charge is -2.37. The number of carbonyl (C=O) groups is 2. The van der Waals surface area contributed by atoms with E-state index >= 15 is 0 Å². The number of nitrogens with one attached hydrogen (secondary N) is 1. The van der Waals surface area contributed by atoms with Gasteiger partial charge in [-0.05, 0) is 69.4 Å². The van der Waals surface area contributed by atoms with E-state index < -0.39 is 6.09 Å². The Labute approximate surface area is 259 Å². The van der Waals surface area contributed by atoms with Gasteiger partial charge in [0.05, 0.1) is 29.6 Å². The zero-order valence-electron chi connectivity index (χ0n) is 25.5. The number of ether oxygens (including phenoxy) is 1. The van der Waals surface area contributed by atoms with Gasteiger partial charge in [-0.25, -0.2) is 9.78 Å². The van der Waals surface area contributed by atoms with Crippen LogP contribution in [0.2, 0.25) is 0 Å². The molecule has 2 fully saturated rings. The van der Waals surface area contributed by atoms with Gasteiger partial charge in [0.1, 0.15) is 0 Å². The summed E-state index contributed by atoms with van der Waals surface area (Å²) in [5.74, 6) is 0.215. The maximum Gasteiger partial charge on any atom is 0.433 e. The Hall–Kier alpha value is -4.27. The van der Waals surface area contributed by atoms with E-state index in [1.54, 1.807) is 12.1 Å². The van der Waals surface area contributed by atoms with Gasteiger partial charge in [-0.15, -0.1) is 0 Å². The molecule has 1 atom stereocenters. The van der Waals surface area contributed by atoms with Crippen LogP contribution in [0, 0.1) is 5.92 Å². The van der Waals surface area contributed by atoms with Crippen molar-refractivity contribution in [3.05, 3.63) is 96.1 Å². The standard InChI is InChI=1S/C36H41N5O3/c1-44-36(43)41(29-17-7-3-8-18-29)38-35(42)33-30-19-9-10-20-32(30)37-34(28-15-5-2-6-16-28)31(33)26-40-23-13-14-27(25-40)24-39-21-11-4-12-22-39/h2-3,5-10,15-20,27H,4,11-14,21-26H2,1H3,(H,38,42). The van der Waals surface area contributed by atoms with E-state index in [0.29, 0.717) is 23.7 Å². The lowest BCUT2D eigenvalue weighted by Crippen LogP contribution is -2.47. The van der Waals surface area contributed by atoms with E-state index in [9.17, 15) is 9.59 Å². The first kappa shape index (κ1) is 29.8. The van der Waals surface area contributed by atoms with Gasteiger partial charge < -0.3 is 9.64 Å². The normalized spacial score (nSPS) is 17.7. The fourth-order valence-electron chi connectivity index (χ4n) is 6.72. The number of rotatable bonds is 7. The minimum atomic E-state index is -0.677. The van der Waals surface area contributed by atoms with E-state index in [-0.39, 0.29) is 5.91 Å². The highest BCUT2D eigenvalue weighted by Gasteiger charge is 2.29. The van der Waals surface area contributed by atoms with Crippen molar-refractivity contribution in [3.63, 3.8) is 0 Å². The van der Waals surface area contributed by atoms with Crippen LogP contribution in [-0.2, 0) is 11.3 Å². The zero-order valence-corrected chi connectivity index (χ0v) is 25.5. The second-order valence-corrected chi connectivity index (χ2v) is 11.9. The number of para-hydroxylation sites is 2. The first-order chi connectivity index (χ1) is 21.6. The highest BCUT2D eigenvalue weighted by atomic mass is 16.5. The molecule has 228 valence electrons. The van der Waals surface area contributed by atoms with Gasteiger partial charge >= 0.3 is 6.09 Å². The number of hydrogen-bond donors (Lipinski definition) is 1. The highest BCUT2D eigenvalue weighted by Crippen LogP contribution is 2.33. The molecule has 44 heavy (non-hydrogen) atoms. The molecule has 1 N–H and O–H groups in total. The summed E-state index contributed by atoms with van der Waals surface area (Å²) in [6, 6.07) is 26.8. The fraction of sp³-hybridized carbons (Fsp3) is 0.361. The zero-order chi connectivity index (χ0) is 30.3. The topological polar surface area (TPSA) is 78.0 Å². The third-order valence-corrected chi connectivity index (χ3v) is 8.80. The second kappa shape index (κ2) is 14.0. The van der Waals surface area contributed by atoms with Crippen LogP contribution < -0.4 is 10.4 Å². The summed E-state index contributed by atoms with van der Waals surface area (Å²) in [4.78, 5) is 37.6. The molecule has 0 radical (unpaired) electrons. The van der Waals surface area contributed by atoms with Gasteiger partial charge in [0.2, 0.25) is 0 Å². The molecule has 2 aliphatic rings. The molecule has 2 saturated heterocycles. The average Bonchev–Trinajstić information content (AvgIpc) is 3.08. The van der Waals surface area contributed by atoms with E-state index in [1.165, 1.54) is 50.9 Å². The first-order valence-electron chi connectivity index (χ1n) is 15.8. The molecule has 0 saturated carbocycles. The molecule has 6 rings (SSSR count). The quantitative estimate of drug-likeness (QED) is 0.247. The van der Waals surface area contributed by atoms with Crippen molar-refractivity contribution in [2.75, 3.05) is 44.8 Å². The summed E-state index contributed by atoms with van der Waals surface area (Å²) in [5.41, 5.74) is 7.25. The van der Waals surface area contributed by atoms with Crippen molar-refractivity contribution in [1.82, 2.24) is 20.2 Å². The maximum absolute atomic E-state index is 14.4. The molecule has 1 unspecified atom stereocenters. The summed E-state index contributed by atoms with van der Waals surface area (Å²) < 4.78 is 5.06. The molecular formula is C36H41N5O3. The summed E-state index contributed by atoms with van der Waals surface area (Å²) in [6.45, 7) is 6.08. The van der Waals surface area contributed by atoms with Gasteiger partial charge in [0, 0.05) is 36.1 Å². The van der Waals surface area contributed by atoms with Gasteiger partial charge in [-0.3, -0.25) is 15.1 Å². The van der Waals surface area contributed by atoms with Gasteiger partial charge in [-0.1, -0.05) is 73.2 Å². The number of hydrogen-bond acceptors (Lipinski definition) is 6. The van der Waals surface area contributed by atoms with Crippen molar-refractivity contribution in [1.29, 1.82) is 0 Å². The van der Waals surface area contributed by atoms with Crippen LogP contribution in [0.1, 0.15) is 48.0 Å². The number of hydrazine groups is 1. The van der Waals surface area contributed by atoms with Gasteiger partial charge in [0.15, 0.2) is 0 Å². The smallest absolute Gasteiger partial charge is 0.433 e. The number of piperidine rings is 2. The van der Waals surface area contributed by atoms with Crippen molar-refractivity contribution in [2.45, 2.75) is 38.6 Å². The molecule has 0 aliphatic carbocycles. The molecule has 8 nitrogen and oxygen atoms in total. The lowest BCUT2D eigenvalue weighted by atomic mass is 9.93. The van der Waals surface area contributed by atoms with Crippen molar-refractivity contribution in [2.24, 2.45) is 5.92 Å². The Bertz CT molecular complexity index is 1570. The van der Waals surface area contributed by atoms with Crippen LogP contribution in [-0.4, -0.2) is 66.6 Å². The minimum absolute atomic E-state index is 0.382. The Morgan fingerprint density at radius 2 is 1.55 bits per heavy atom. The Kier molecular flexibility index (Phi) is 9.48. The third-order valence-electron chi connectivity index (χ3n) is 8.80. The largest absolute Gasteiger partial charge is 0.451 e. The molecule has 4 aromatic rings. The molecule has 2 aliphatic heterocycles. The number of benzene rings is 3. The molecule has 3 heterocycles. The van der Waals surface area contributed by atoms with E-state index in [0.717, 1.165) is 53.8 Å². The number of methoxy groups -OCH3 is 1. The van der Waals surface area contributed by atoms with Crippen LogP contribution in [0.4, 0.5) is 10.5 Å². The van der Waals surface area contributed by atoms with E-state index in [1.807, 2.05) is 72.8 Å². The monoisotopic (exact) mass is 591 g/mol. The summed E-state index contributed by atoms with van der Waals surface area (Å²) in [6.07, 6.45) is 5.61. The number of anilines is 1. The Morgan fingerprint density at radius 3 is 2.30 bits per heavy atom. The third kappa shape index (κ3) is 6.77. The predicted octanol–water partition coefficient (Wildman–Crippen LogP) is 6.52. The number of aromatic nitrogens is 1. The molecular weight excluding hydrogens is 550 g/mol. The van der Waals surface area contributed by atoms with Crippen molar-refractivity contribution in [3.8, 4) is 11.3 Å². The molecule has 1 aromatic heterocycles. The molecule has 8 heteroatoms. The van der Waals surface area contributed by atoms with Crippen molar-refractivity contribution >= 4 is 28.6 Å². The average molecular weight is 592 g/mol. The summed E-state index contributed by atoms with van der Waals surface area (Å²) in [7, 11) is 1.31. The van der Waals surface area contributed by atoms with Gasteiger partial charge in [0.25, 0.3) is 5.91 Å². The van der Waals surface area contributed by atoms with E-state index in [2.05, 4.69) is 15.2 Å². The van der Waals surface area contributed by atoms with Crippen LogP contribution in [0.3, 0.4) is 0 Å².